The molecular weight excluding hydrogens is 243 g/mol. The molecule has 1 aromatic rings. The number of aliphatic hydroxyl groups is 1. The molecule has 0 aromatic heterocycles. The maximum absolute atomic E-state index is 13.2. The summed E-state index contributed by atoms with van der Waals surface area (Å²) in [5.41, 5.74) is -0.122. The molecule has 0 aliphatic heterocycles. The van der Waals surface area contributed by atoms with Gasteiger partial charge in [0.15, 0.2) is 14.5 Å². The number of hydrogen-bond donors (Lipinski definition) is 1. The van der Waals surface area contributed by atoms with E-state index in [0.29, 0.717) is 0 Å². The number of sulfone groups is 1. The number of aliphatic hydroxyl groups excluding tert-OH is 1. The molecule has 0 saturated carbocycles. The summed E-state index contributed by atoms with van der Waals surface area (Å²) in [6.45, 7) is 0. The van der Waals surface area contributed by atoms with Gasteiger partial charge in [-0.3, -0.25) is 0 Å². The second-order valence-electron chi connectivity index (χ2n) is 3.15. The van der Waals surface area contributed by atoms with Crippen LogP contribution in [0.2, 0.25) is 0 Å². The van der Waals surface area contributed by atoms with Crippen molar-refractivity contribution < 1.29 is 17.9 Å². The minimum Gasteiger partial charge on any atom is -0.386 e. The van der Waals surface area contributed by atoms with E-state index in [1.54, 1.807) is 0 Å². The highest BCUT2D eigenvalue weighted by Crippen LogP contribution is 2.26. The Hall–Kier alpha value is -0.650. The molecule has 0 radical (unpaired) electrons. The molecule has 0 aliphatic rings. The van der Waals surface area contributed by atoms with Crippen molar-refractivity contribution >= 4 is 21.4 Å². The van der Waals surface area contributed by atoms with Crippen molar-refractivity contribution in [2.45, 2.75) is 10.8 Å². The van der Waals surface area contributed by atoms with E-state index in [2.05, 4.69) is 0 Å². The lowest BCUT2D eigenvalue weighted by molar-refractivity contribution is 0.187. The van der Waals surface area contributed by atoms with Crippen LogP contribution in [0.1, 0.15) is 11.7 Å². The molecule has 0 unspecified atom stereocenters. The summed E-state index contributed by atoms with van der Waals surface area (Å²) in [5.74, 6) is -0.681. The average molecular weight is 253 g/mol. The lowest BCUT2D eigenvalue weighted by atomic mass is 10.1. The lowest BCUT2D eigenvalue weighted by Crippen LogP contribution is -2.22. The quantitative estimate of drug-likeness (QED) is 0.829. The van der Waals surface area contributed by atoms with E-state index in [0.717, 1.165) is 12.3 Å². The third kappa shape index (κ3) is 2.90. The fraction of sp³-hybridized carbons (Fsp3) is 0.333. The Morgan fingerprint density at radius 3 is 2.40 bits per heavy atom. The standard InChI is InChI=1S/C9H10ClFO3S/c1-15(13,14)9(10)8(12)6-4-2-3-5-7(6)11/h2-5,8-9,12H,1H3/t8-,9+/m1/s1. The van der Waals surface area contributed by atoms with Crippen LogP contribution in [-0.2, 0) is 9.84 Å². The molecule has 6 heteroatoms. The van der Waals surface area contributed by atoms with E-state index in [4.69, 9.17) is 11.6 Å². The third-order valence-corrected chi connectivity index (χ3v) is 4.17. The zero-order chi connectivity index (χ0) is 11.6. The van der Waals surface area contributed by atoms with E-state index in [9.17, 15) is 17.9 Å². The summed E-state index contributed by atoms with van der Waals surface area (Å²) in [4.78, 5) is 0. The third-order valence-electron chi connectivity index (χ3n) is 1.88. The minimum atomic E-state index is -3.62. The molecule has 0 spiro atoms. The van der Waals surface area contributed by atoms with Crippen LogP contribution >= 0.6 is 11.6 Å². The van der Waals surface area contributed by atoms with E-state index in [-0.39, 0.29) is 5.56 Å². The van der Waals surface area contributed by atoms with Gasteiger partial charge in [-0.1, -0.05) is 18.2 Å². The molecule has 0 fully saturated rings. The van der Waals surface area contributed by atoms with Crippen LogP contribution < -0.4 is 0 Å². The maximum atomic E-state index is 13.2. The lowest BCUT2D eigenvalue weighted by Gasteiger charge is -2.15. The first kappa shape index (κ1) is 12.4. The molecule has 1 aromatic carbocycles. The second-order valence-corrected chi connectivity index (χ2v) is 6.04. The molecule has 1 N–H and O–H groups in total. The van der Waals surface area contributed by atoms with Crippen LogP contribution in [0.3, 0.4) is 0 Å². The monoisotopic (exact) mass is 252 g/mol. The van der Waals surface area contributed by atoms with Crippen molar-refractivity contribution in [3.05, 3.63) is 35.6 Å². The van der Waals surface area contributed by atoms with Crippen molar-refractivity contribution in [1.82, 2.24) is 0 Å². The van der Waals surface area contributed by atoms with Gasteiger partial charge < -0.3 is 5.11 Å². The Morgan fingerprint density at radius 1 is 1.40 bits per heavy atom. The largest absolute Gasteiger partial charge is 0.386 e. The molecule has 1 rings (SSSR count). The first-order valence-electron chi connectivity index (χ1n) is 4.09. The molecule has 0 heterocycles. The summed E-state index contributed by atoms with van der Waals surface area (Å²) in [5, 5.41) is 9.55. The Morgan fingerprint density at radius 2 is 1.93 bits per heavy atom. The summed E-state index contributed by atoms with van der Waals surface area (Å²) in [7, 11) is -3.62. The van der Waals surface area contributed by atoms with Gasteiger partial charge in [0.1, 0.15) is 11.9 Å². The summed E-state index contributed by atoms with van der Waals surface area (Å²) < 4.78 is 33.7. The van der Waals surface area contributed by atoms with Gasteiger partial charge >= 0.3 is 0 Å². The first-order chi connectivity index (χ1) is 6.84. The van der Waals surface area contributed by atoms with Crippen molar-refractivity contribution in [1.29, 1.82) is 0 Å². The van der Waals surface area contributed by atoms with E-state index in [1.165, 1.54) is 18.2 Å². The van der Waals surface area contributed by atoms with Gasteiger partial charge in [-0.05, 0) is 6.07 Å². The van der Waals surface area contributed by atoms with Crippen LogP contribution in [0, 0.1) is 5.82 Å². The molecule has 0 saturated heterocycles. The zero-order valence-corrected chi connectivity index (χ0v) is 9.46. The SMILES string of the molecule is CS(=O)(=O)[C@H](Cl)[C@H](O)c1ccccc1F. The van der Waals surface area contributed by atoms with Gasteiger partial charge in [-0.25, -0.2) is 12.8 Å². The van der Waals surface area contributed by atoms with E-state index >= 15 is 0 Å². The fourth-order valence-electron chi connectivity index (χ4n) is 1.09. The number of halogens is 2. The molecule has 2 atom stereocenters. The predicted octanol–water partition coefficient (Wildman–Crippen LogP) is 1.47. The van der Waals surface area contributed by atoms with Crippen molar-refractivity contribution in [2.24, 2.45) is 0 Å². The maximum Gasteiger partial charge on any atom is 0.167 e. The average Bonchev–Trinajstić information content (AvgIpc) is 2.15. The Labute approximate surface area is 92.4 Å². The van der Waals surface area contributed by atoms with Crippen LogP contribution in [0.25, 0.3) is 0 Å². The number of benzene rings is 1. The number of alkyl halides is 1. The Bertz CT molecular complexity index is 446. The van der Waals surface area contributed by atoms with Crippen molar-refractivity contribution in [3.63, 3.8) is 0 Å². The molecule has 3 nitrogen and oxygen atoms in total. The van der Waals surface area contributed by atoms with Gasteiger partial charge in [0.05, 0.1) is 0 Å². The van der Waals surface area contributed by atoms with E-state index < -0.39 is 26.5 Å². The first-order valence-corrected chi connectivity index (χ1v) is 6.48. The summed E-state index contributed by atoms with van der Waals surface area (Å²) in [6.07, 6.45) is -0.683. The van der Waals surface area contributed by atoms with Gasteiger partial charge in [-0.15, -0.1) is 11.6 Å². The van der Waals surface area contributed by atoms with Crippen LogP contribution in [0.5, 0.6) is 0 Å². The molecular formula is C9H10ClFO3S. The molecule has 0 amide bonds. The van der Waals surface area contributed by atoms with Crippen molar-refractivity contribution in [3.8, 4) is 0 Å². The topological polar surface area (TPSA) is 54.4 Å². The molecule has 0 bridgehead atoms. The van der Waals surface area contributed by atoms with Crippen LogP contribution in [0.15, 0.2) is 24.3 Å². The Balaban J connectivity index is 3.06. The van der Waals surface area contributed by atoms with Gasteiger partial charge in [0.25, 0.3) is 0 Å². The molecule has 84 valence electrons. The zero-order valence-electron chi connectivity index (χ0n) is 7.89. The fourth-order valence-corrected chi connectivity index (χ4v) is 1.84. The summed E-state index contributed by atoms with van der Waals surface area (Å²) in [6, 6.07) is 5.35. The van der Waals surface area contributed by atoms with Crippen LogP contribution in [-0.4, -0.2) is 24.5 Å². The van der Waals surface area contributed by atoms with Gasteiger partial charge in [0, 0.05) is 11.8 Å². The Kier molecular flexibility index (Phi) is 3.70. The van der Waals surface area contributed by atoms with E-state index in [1.807, 2.05) is 0 Å². The highest BCUT2D eigenvalue weighted by Gasteiger charge is 2.29. The highest BCUT2D eigenvalue weighted by molar-refractivity contribution is 7.92. The highest BCUT2D eigenvalue weighted by atomic mass is 35.5. The number of hydrogen-bond acceptors (Lipinski definition) is 3. The normalized spacial score (nSPS) is 16.0. The van der Waals surface area contributed by atoms with Gasteiger partial charge in [-0.2, -0.15) is 0 Å². The minimum absolute atomic E-state index is 0.122. The summed E-state index contributed by atoms with van der Waals surface area (Å²) >= 11 is 5.51. The smallest absolute Gasteiger partial charge is 0.167 e. The van der Waals surface area contributed by atoms with Crippen molar-refractivity contribution in [2.75, 3.05) is 6.26 Å². The number of rotatable bonds is 3. The second kappa shape index (κ2) is 4.47. The van der Waals surface area contributed by atoms with Crippen LogP contribution in [0.4, 0.5) is 4.39 Å². The molecule has 15 heavy (non-hydrogen) atoms. The van der Waals surface area contributed by atoms with Gasteiger partial charge in [0.2, 0.25) is 0 Å². The molecule has 0 aliphatic carbocycles. The predicted molar refractivity (Wildman–Crippen MR) is 55.8 cm³/mol.